The van der Waals surface area contributed by atoms with E-state index in [4.69, 9.17) is 21.3 Å². The summed E-state index contributed by atoms with van der Waals surface area (Å²) >= 11 is 0. The minimum atomic E-state index is -4.82. The summed E-state index contributed by atoms with van der Waals surface area (Å²) in [4.78, 5) is 28.8. The van der Waals surface area contributed by atoms with Gasteiger partial charge in [0.05, 0.1) is 0 Å². The summed E-state index contributed by atoms with van der Waals surface area (Å²) in [6.07, 6.45) is 2.45. The Morgan fingerprint density at radius 2 is 2.00 bits per heavy atom. The van der Waals surface area contributed by atoms with Gasteiger partial charge in [0.2, 0.25) is 0 Å². The lowest BCUT2D eigenvalue weighted by Crippen LogP contribution is -2.55. The molecular weight excluding hydrogens is 235 g/mol. The first-order valence-electron chi connectivity index (χ1n) is 5.03. The van der Waals surface area contributed by atoms with Crippen molar-refractivity contribution in [3.63, 3.8) is 0 Å². The van der Waals surface area contributed by atoms with Gasteiger partial charge >= 0.3 is 7.82 Å². The highest BCUT2D eigenvalue weighted by atomic mass is 31.2. The number of nitrogens with two attached hydrogens (primary N) is 2. The number of hydrogen-bond acceptors (Lipinski definition) is 5. The third kappa shape index (κ3) is 5.69. The topological polar surface area (TPSA) is 136 Å². The molecular formula is C8H19N2O5P. The largest absolute Gasteiger partial charge is 0.471 e. The minimum Gasteiger partial charge on any atom is -0.326 e. The molecule has 0 fully saturated rings. The van der Waals surface area contributed by atoms with Gasteiger partial charge in [-0.05, 0) is 6.42 Å². The van der Waals surface area contributed by atoms with Crippen molar-refractivity contribution >= 4 is 13.6 Å². The number of phosphoric ester groups is 1. The van der Waals surface area contributed by atoms with Crippen LogP contribution in [0.5, 0.6) is 0 Å². The fourth-order valence-electron chi connectivity index (χ4n) is 1.16. The van der Waals surface area contributed by atoms with Gasteiger partial charge in [0, 0.05) is 13.0 Å². The van der Waals surface area contributed by atoms with Crippen LogP contribution in [-0.2, 0) is 13.9 Å². The van der Waals surface area contributed by atoms with Gasteiger partial charge in [0.1, 0.15) is 0 Å². The average molecular weight is 254 g/mol. The minimum absolute atomic E-state index is 0.0987. The van der Waals surface area contributed by atoms with Crippen molar-refractivity contribution in [2.45, 2.75) is 38.3 Å². The van der Waals surface area contributed by atoms with Gasteiger partial charge in [-0.2, -0.15) is 0 Å². The quantitative estimate of drug-likeness (QED) is 0.269. The molecule has 0 aliphatic heterocycles. The molecule has 1 unspecified atom stereocenters. The molecule has 0 saturated carbocycles. The lowest BCUT2D eigenvalue weighted by molar-refractivity contribution is -0.135. The molecule has 0 rings (SSSR count). The monoisotopic (exact) mass is 254 g/mol. The van der Waals surface area contributed by atoms with Crippen LogP contribution in [0, 0.1) is 0 Å². The summed E-state index contributed by atoms with van der Waals surface area (Å²) in [5.74, 6) is -0.591. The Balaban J connectivity index is 4.44. The first kappa shape index (κ1) is 15.7. The summed E-state index contributed by atoms with van der Waals surface area (Å²) in [5.41, 5.74) is 8.53. The summed E-state index contributed by atoms with van der Waals surface area (Å²) in [6.45, 7) is 1.50. The zero-order valence-corrected chi connectivity index (χ0v) is 10.2. The normalized spacial score (nSPS) is 15.8. The highest BCUT2D eigenvalue weighted by molar-refractivity contribution is 7.46. The van der Waals surface area contributed by atoms with Gasteiger partial charge in [-0.1, -0.05) is 19.8 Å². The summed E-state index contributed by atoms with van der Waals surface area (Å²) < 4.78 is 14.9. The number of unbranched alkanes of at least 4 members (excludes halogenated alkanes) is 2. The second-order valence-corrected chi connectivity index (χ2v) is 4.72. The smallest absolute Gasteiger partial charge is 0.326 e. The van der Waals surface area contributed by atoms with Crippen LogP contribution in [0.25, 0.3) is 0 Å². The van der Waals surface area contributed by atoms with E-state index in [1.165, 1.54) is 0 Å². The van der Waals surface area contributed by atoms with E-state index in [9.17, 15) is 9.36 Å². The van der Waals surface area contributed by atoms with Crippen molar-refractivity contribution in [1.29, 1.82) is 0 Å². The van der Waals surface area contributed by atoms with E-state index in [-0.39, 0.29) is 6.42 Å². The third-order valence-electron chi connectivity index (χ3n) is 2.06. The first-order chi connectivity index (χ1) is 7.25. The number of phosphoric acid groups is 1. The van der Waals surface area contributed by atoms with Crippen LogP contribution in [0.3, 0.4) is 0 Å². The molecule has 16 heavy (non-hydrogen) atoms. The Morgan fingerprint density at radius 3 is 2.38 bits per heavy atom. The molecule has 0 amide bonds. The molecule has 6 N–H and O–H groups in total. The van der Waals surface area contributed by atoms with Crippen LogP contribution >= 0.6 is 7.82 Å². The van der Waals surface area contributed by atoms with E-state index in [0.29, 0.717) is 6.42 Å². The Labute approximate surface area is 94.4 Å². The number of hydrogen-bond donors (Lipinski definition) is 4. The maximum Gasteiger partial charge on any atom is 0.471 e. The molecule has 0 aromatic carbocycles. The fraction of sp³-hybridized carbons (Fsp3) is 0.875. The molecule has 0 bridgehead atoms. The standard InChI is InChI=1S/C8H19N2O5P/c1-2-3-4-5-7(11)8(10,6-9)15-16(12,13)14/h2-6,9-10H2,1H3,(H2,12,13,14). The highest BCUT2D eigenvalue weighted by Gasteiger charge is 2.39. The molecule has 0 aliphatic rings. The summed E-state index contributed by atoms with van der Waals surface area (Å²) in [5, 5.41) is 0. The average Bonchev–Trinajstić information content (AvgIpc) is 2.15. The molecule has 0 aromatic rings. The van der Waals surface area contributed by atoms with Crippen molar-refractivity contribution in [2.75, 3.05) is 6.54 Å². The van der Waals surface area contributed by atoms with Crippen LogP contribution in [0.4, 0.5) is 0 Å². The van der Waals surface area contributed by atoms with Crippen LogP contribution in [-0.4, -0.2) is 27.8 Å². The molecule has 0 radical (unpaired) electrons. The van der Waals surface area contributed by atoms with Gasteiger partial charge in [0.15, 0.2) is 11.5 Å². The number of Topliss-reactive ketones (excluding diaryl/α,β-unsaturated/α-hetero) is 1. The van der Waals surface area contributed by atoms with Crippen LogP contribution in [0.2, 0.25) is 0 Å². The predicted molar refractivity (Wildman–Crippen MR) is 58.3 cm³/mol. The summed E-state index contributed by atoms with van der Waals surface area (Å²) in [6, 6.07) is 0. The zero-order valence-electron chi connectivity index (χ0n) is 9.26. The maximum atomic E-state index is 11.6. The van der Waals surface area contributed by atoms with E-state index < -0.39 is 25.9 Å². The van der Waals surface area contributed by atoms with Crippen LogP contribution < -0.4 is 11.5 Å². The Morgan fingerprint density at radius 1 is 1.44 bits per heavy atom. The molecule has 0 heterocycles. The molecule has 7 nitrogen and oxygen atoms in total. The summed E-state index contributed by atoms with van der Waals surface area (Å²) in [7, 11) is -4.82. The van der Waals surface area contributed by atoms with Crippen molar-refractivity contribution in [3.8, 4) is 0 Å². The van der Waals surface area contributed by atoms with E-state index in [2.05, 4.69) is 4.52 Å². The Bertz CT molecular complexity index is 280. The lowest BCUT2D eigenvalue weighted by atomic mass is 10.0. The van der Waals surface area contributed by atoms with E-state index in [0.717, 1.165) is 12.8 Å². The van der Waals surface area contributed by atoms with Crippen molar-refractivity contribution in [3.05, 3.63) is 0 Å². The molecule has 8 heteroatoms. The maximum absolute atomic E-state index is 11.6. The molecule has 1 atom stereocenters. The number of carbonyl (C=O) groups excluding carboxylic acids is 1. The fourth-order valence-corrected chi connectivity index (χ4v) is 1.76. The second-order valence-electron chi connectivity index (χ2n) is 3.56. The lowest BCUT2D eigenvalue weighted by Gasteiger charge is -2.26. The zero-order chi connectivity index (χ0) is 12.8. The first-order valence-corrected chi connectivity index (χ1v) is 6.56. The van der Waals surface area contributed by atoms with E-state index in [1.54, 1.807) is 0 Å². The molecule has 0 spiro atoms. The van der Waals surface area contributed by atoms with E-state index >= 15 is 0 Å². The predicted octanol–water partition coefficient (Wildman–Crippen LogP) is -0.141. The van der Waals surface area contributed by atoms with Gasteiger partial charge in [-0.3, -0.25) is 15.1 Å². The molecule has 0 aliphatic carbocycles. The van der Waals surface area contributed by atoms with E-state index in [1.807, 2.05) is 6.92 Å². The van der Waals surface area contributed by atoms with Crippen LogP contribution in [0.1, 0.15) is 32.6 Å². The van der Waals surface area contributed by atoms with Crippen molar-refractivity contribution < 1.29 is 23.7 Å². The highest BCUT2D eigenvalue weighted by Crippen LogP contribution is 2.40. The van der Waals surface area contributed by atoms with Gasteiger partial charge < -0.3 is 15.5 Å². The molecule has 0 saturated heterocycles. The van der Waals surface area contributed by atoms with Gasteiger partial charge in [0.25, 0.3) is 0 Å². The number of ketones is 1. The van der Waals surface area contributed by atoms with Crippen LogP contribution in [0.15, 0.2) is 0 Å². The Kier molecular flexibility index (Phi) is 6.32. The SMILES string of the molecule is CCCCCC(=O)C(N)(CN)OP(=O)(O)O. The Hall–Kier alpha value is -0.300. The van der Waals surface area contributed by atoms with Crippen molar-refractivity contribution in [2.24, 2.45) is 11.5 Å². The number of carbonyl (C=O) groups is 1. The van der Waals surface area contributed by atoms with Crippen molar-refractivity contribution in [1.82, 2.24) is 0 Å². The second kappa shape index (κ2) is 6.44. The number of rotatable bonds is 8. The molecule has 96 valence electrons. The third-order valence-corrected chi connectivity index (χ3v) is 2.63. The van der Waals surface area contributed by atoms with Gasteiger partial charge in [-0.25, -0.2) is 4.57 Å². The molecule has 0 aromatic heterocycles. The van der Waals surface area contributed by atoms with Gasteiger partial charge in [-0.15, -0.1) is 0 Å².